The average Bonchev–Trinajstić information content (AvgIpc) is 2.77. The van der Waals surface area contributed by atoms with Gasteiger partial charge in [0.25, 0.3) is 0 Å². The van der Waals surface area contributed by atoms with Crippen LogP contribution in [0, 0.1) is 11.8 Å². The average molecular weight is 288 g/mol. The summed E-state index contributed by atoms with van der Waals surface area (Å²) < 4.78 is 0. The monoisotopic (exact) mass is 288 g/mol. The number of amides is 1. The van der Waals surface area contributed by atoms with Crippen LogP contribution >= 0.6 is 0 Å². The van der Waals surface area contributed by atoms with Crippen molar-refractivity contribution in [3.05, 3.63) is 35.9 Å². The molecule has 0 bridgehead atoms. The standard InChI is InChI=1S/C18H28N2O/c1-5-14(4)12-20-17(13(2)3)19-16(18(20)21)11-15-9-7-6-8-10-15/h6-10,13-14,16-17,19H,5,11-12H2,1-4H3. The minimum Gasteiger partial charge on any atom is -0.325 e. The topological polar surface area (TPSA) is 32.3 Å². The summed E-state index contributed by atoms with van der Waals surface area (Å²) in [7, 11) is 0. The maximum absolute atomic E-state index is 12.7. The van der Waals surface area contributed by atoms with Gasteiger partial charge in [-0.15, -0.1) is 0 Å². The van der Waals surface area contributed by atoms with Crippen molar-refractivity contribution < 1.29 is 4.79 Å². The van der Waals surface area contributed by atoms with Gasteiger partial charge in [0.15, 0.2) is 0 Å². The fourth-order valence-electron chi connectivity index (χ4n) is 2.92. The van der Waals surface area contributed by atoms with Crippen LogP contribution in [0.1, 0.15) is 39.7 Å². The molecule has 0 saturated carbocycles. The maximum Gasteiger partial charge on any atom is 0.241 e. The summed E-state index contributed by atoms with van der Waals surface area (Å²) >= 11 is 0. The van der Waals surface area contributed by atoms with E-state index < -0.39 is 0 Å². The lowest BCUT2D eigenvalue weighted by molar-refractivity contribution is -0.131. The molecule has 0 spiro atoms. The van der Waals surface area contributed by atoms with Gasteiger partial charge in [0.05, 0.1) is 12.2 Å². The lowest BCUT2D eigenvalue weighted by Crippen LogP contribution is -2.43. The molecule has 0 aliphatic carbocycles. The van der Waals surface area contributed by atoms with Crippen LogP contribution in [-0.2, 0) is 11.2 Å². The molecule has 1 aliphatic rings. The van der Waals surface area contributed by atoms with Crippen LogP contribution in [0.15, 0.2) is 30.3 Å². The minimum absolute atomic E-state index is 0.0798. The molecule has 116 valence electrons. The Hall–Kier alpha value is -1.35. The zero-order chi connectivity index (χ0) is 15.4. The van der Waals surface area contributed by atoms with Crippen LogP contribution in [0.3, 0.4) is 0 Å². The van der Waals surface area contributed by atoms with Crippen molar-refractivity contribution in [2.75, 3.05) is 6.54 Å². The predicted octanol–water partition coefficient (Wildman–Crippen LogP) is 3.06. The second-order valence-corrected chi connectivity index (χ2v) is 6.60. The van der Waals surface area contributed by atoms with E-state index in [9.17, 15) is 4.79 Å². The van der Waals surface area contributed by atoms with Crippen LogP contribution in [0.25, 0.3) is 0 Å². The third-order valence-electron chi connectivity index (χ3n) is 4.41. The molecule has 3 atom stereocenters. The van der Waals surface area contributed by atoms with Crippen molar-refractivity contribution in [3.63, 3.8) is 0 Å². The molecule has 3 unspecified atom stereocenters. The van der Waals surface area contributed by atoms with Gasteiger partial charge in [-0.1, -0.05) is 64.4 Å². The molecule has 2 rings (SSSR count). The molecule has 1 aromatic rings. The first-order valence-electron chi connectivity index (χ1n) is 8.13. The Morgan fingerprint density at radius 3 is 2.43 bits per heavy atom. The van der Waals surface area contributed by atoms with Crippen LogP contribution in [0.2, 0.25) is 0 Å². The zero-order valence-corrected chi connectivity index (χ0v) is 13.7. The van der Waals surface area contributed by atoms with Gasteiger partial charge in [-0.05, 0) is 23.8 Å². The van der Waals surface area contributed by atoms with Crippen LogP contribution in [0.4, 0.5) is 0 Å². The SMILES string of the molecule is CCC(C)CN1C(=O)C(Cc2ccccc2)NC1C(C)C. The predicted molar refractivity (Wildman–Crippen MR) is 86.9 cm³/mol. The van der Waals surface area contributed by atoms with E-state index in [0.29, 0.717) is 11.8 Å². The Balaban J connectivity index is 2.09. The molecule has 1 aromatic carbocycles. The maximum atomic E-state index is 12.7. The fourth-order valence-corrected chi connectivity index (χ4v) is 2.92. The second-order valence-electron chi connectivity index (χ2n) is 6.60. The highest BCUT2D eigenvalue weighted by Crippen LogP contribution is 2.22. The Morgan fingerprint density at radius 2 is 1.86 bits per heavy atom. The van der Waals surface area contributed by atoms with Gasteiger partial charge < -0.3 is 4.90 Å². The van der Waals surface area contributed by atoms with Gasteiger partial charge >= 0.3 is 0 Å². The summed E-state index contributed by atoms with van der Waals surface area (Å²) in [5, 5.41) is 3.54. The van der Waals surface area contributed by atoms with Gasteiger partial charge in [-0.25, -0.2) is 0 Å². The summed E-state index contributed by atoms with van der Waals surface area (Å²) in [5.41, 5.74) is 1.22. The van der Waals surface area contributed by atoms with E-state index in [4.69, 9.17) is 0 Å². The minimum atomic E-state index is -0.0798. The number of rotatable bonds is 6. The highest BCUT2D eigenvalue weighted by molar-refractivity contribution is 5.84. The summed E-state index contributed by atoms with van der Waals surface area (Å²) in [6.45, 7) is 9.62. The quantitative estimate of drug-likeness (QED) is 0.872. The number of carbonyl (C=O) groups is 1. The molecule has 1 amide bonds. The Labute approximate surface area is 128 Å². The normalized spacial score (nSPS) is 23.9. The summed E-state index contributed by atoms with van der Waals surface area (Å²) in [6.07, 6.45) is 2.05. The summed E-state index contributed by atoms with van der Waals surface area (Å²) in [6, 6.07) is 10.2. The zero-order valence-electron chi connectivity index (χ0n) is 13.7. The lowest BCUT2D eigenvalue weighted by atomic mass is 10.1. The van der Waals surface area contributed by atoms with Crippen molar-refractivity contribution in [3.8, 4) is 0 Å². The third kappa shape index (κ3) is 3.85. The van der Waals surface area contributed by atoms with Gasteiger partial charge in [0.1, 0.15) is 0 Å². The molecule has 1 fully saturated rings. The van der Waals surface area contributed by atoms with Crippen molar-refractivity contribution in [1.29, 1.82) is 0 Å². The van der Waals surface area contributed by atoms with E-state index in [2.05, 4.69) is 50.0 Å². The van der Waals surface area contributed by atoms with Gasteiger partial charge in [0.2, 0.25) is 5.91 Å². The van der Waals surface area contributed by atoms with Gasteiger partial charge in [0, 0.05) is 6.54 Å². The van der Waals surface area contributed by atoms with Gasteiger partial charge in [-0.3, -0.25) is 10.1 Å². The van der Waals surface area contributed by atoms with E-state index in [0.717, 1.165) is 19.4 Å². The van der Waals surface area contributed by atoms with Crippen molar-refractivity contribution >= 4 is 5.91 Å². The number of hydrogen-bond donors (Lipinski definition) is 1. The van der Waals surface area contributed by atoms with Crippen molar-refractivity contribution in [2.24, 2.45) is 11.8 Å². The largest absolute Gasteiger partial charge is 0.325 e. The molecule has 0 aromatic heterocycles. The van der Waals surface area contributed by atoms with Crippen LogP contribution in [0.5, 0.6) is 0 Å². The second kappa shape index (κ2) is 7.08. The molecule has 1 saturated heterocycles. The van der Waals surface area contributed by atoms with E-state index in [1.807, 2.05) is 18.2 Å². The summed E-state index contributed by atoms with van der Waals surface area (Å²) in [4.78, 5) is 14.8. The molecule has 21 heavy (non-hydrogen) atoms. The Bertz CT molecular complexity index is 458. The van der Waals surface area contributed by atoms with E-state index in [1.165, 1.54) is 5.56 Å². The van der Waals surface area contributed by atoms with Crippen LogP contribution in [-0.4, -0.2) is 29.6 Å². The molecular formula is C18H28N2O. The highest BCUT2D eigenvalue weighted by atomic mass is 16.2. The molecule has 3 nitrogen and oxygen atoms in total. The molecule has 1 N–H and O–H groups in total. The Morgan fingerprint density at radius 1 is 1.19 bits per heavy atom. The van der Waals surface area contributed by atoms with Gasteiger partial charge in [-0.2, -0.15) is 0 Å². The van der Waals surface area contributed by atoms with Crippen molar-refractivity contribution in [1.82, 2.24) is 10.2 Å². The number of benzene rings is 1. The molecule has 1 heterocycles. The Kier molecular flexibility index (Phi) is 5.40. The first-order chi connectivity index (χ1) is 10.0. The van der Waals surface area contributed by atoms with E-state index in [1.54, 1.807) is 0 Å². The van der Waals surface area contributed by atoms with Crippen LogP contribution < -0.4 is 5.32 Å². The number of carbonyl (C=O) groups excluding carboxylic acids is 1. The first-order valence-corrected chi connectivity index (χ1v) is 8.13. The third-order valence-corrected chi connectivity index (χ3v) is 4.41. The number of hydrogen-bond acceptors (Lipinski definition) is 2. The molecule has 3 heteroatoms. The van der Waals surface area contributed by atoms with Crippen molar-refractivity contribution in [2.45, 2.75) is 52.7 Å². The molecule has 0 radical (unpaired) electrons. The number of nitrogens with zero attached hydrogens (tertiary/aromatic N) is 1. The summed E-state index contributed by atoms with van der Waals surface area (Å²) in [5.74, 6) is 1.24. The fraction of sp³-hybridized carbons (Fsp3) is 0.611. The highest BCUT2D eigenvalue weighted by Gasteiger charge is 2.40. The number of nitrogens with one attached hydrogen (secondary N) is 1. The molecular weight excluding hydrogens is 260 g/mol. The van der Waals surface area contributed by atoms with E-state index in [-0.39, 0.29) is 18.1 Å². The van der Waals surface area contributed by atoms with E-state index >= 15 is 0 Å². The molecule has 1 aliphatic heterocycles. The first kappa shape index (κ1) is 16.0. The smallest absolute Gasteiger partial charge is 0.241 e. The lowest BCUT2D eigenvalue weighted by Gasteiger charge is -2.29.